The Hall–Kier alpha value is -2.05. The highest BCUT2D eigenvalue weighted by Gasteiger charge is 2.24. The Balaban J connectivity index is 2.13. The van der Waals surface area contributed by atoms with Crippen LogP contribution in [0.4, 0.5) is 0 Å². The third-order valence-corrected chi connectivity index (χ3v) is 5.07. The number of carbonyl (C=O) groups is 1. The van der Waals surface area contributed by atoms with E-state index in [2.05, 4.69) is 14.9 Å². The van der Waals surface area contributed by atoms with Crippen LogP contribution in [0.3, 0.4) is 0 Å². The van der Waals surface area contributed by atoms with Gasteiger partial charge in [-0.2, -0.15) is 0 Å². The summed E-state index contributed by atoms with van der Waals surface area (Å²) in [7, 11) is 3.98. The van der Waals surface area contributed by atoms with Gasteiger partial charge in [-0.05, 0) is 65.0 Å². The van der Waals surface area contributed by atoms with E-state index in [0.29, 0.717) is 18.8 Å². The molecule has 1 atom stereocenters. The minimum atomic E-state index is -0.605. The topological polar surface area (TPSA) is 61.5 Å². The van der Waals surface area contributed by atoms with Crippen LogP contribution in [0.2, 0.25) is 5.02 Å². The first-order valence-electron chi connectivity index (χ1n) is 9.04. The second-order valence-electron chi connectivity index (χ2n) is 7.17. The molecule has 0 radical (unpaired) electrons. The van der Waals surface area contributed by atoms with E-state index in [1.54, 1.807) is 18.2 Å². The molecule has 0 bridgehead atoms. The first-order chi connectivity index (χ1) is 12.7. The summed E-state index contributed by atoms with van der Waals surface area (Å²) < 4.78 is 5.94. The van der Waals surface area contributed by atoms with Crippen molar-refractivity contribution in [2.75, 3.05) is 27.2 Å². The maximum atomic E-state index is 13.1. The lowest BCUT2D eigenvalue weighted by Gasteiger charge is -2.27. The van der Waals surface area contributed by atoms with Crippen molar-refractivity contribution >= 4 is 17.5 Å². The number of rotatable bonds is 8. The average Bonchev–Trinajstić information content (AvgIpc) is 3.00. The van der Waals surface area contributed by atoms with Gasteiger partial charge in [0.2, 0.25) is 0 Å². The van der Waals surface area contributed by atoms with E-state index in [1.165, 1.54) is 0 Å². The lowest BCUT2D eigenvalue weighted by atomic mass is 10.1. The summed E-state index contributed by atoms with van der Waals surface area (Å²) in [5, 5.41) is 0.725. The summed E-state index contributed by atoms with van der Waals surface area (Å²) in [5.41, 5.74) is 3.70. The monoisotopic (exact) mass is 392 g/mol. The zero-order valence-electron chi connectivity index (χ0n) is 17.0. The largest absolute Gasteiger partial charge is 0.481 e. The van der Waals surface area contributed by atoms with Gasteiger partial charge in [0.15, 0.2) is 6.10 Å². The van der Waals surface area contributed by atoms with Crippen molar-refractivity contribution in [3.05, 3.63) is 46.0 Å². The number of hydrogen-bond donors (Lipinski definition) is 1. The Labute approximate surface area is 166 Å². The fourth-order valence-corrected chi connectivity index (χ4v) is 2.91. The molecule has 0 spiro atoms. The van der Waals surface area contributed by atoms with Crippen LogP contribution in [0, 0.1) is 20.8 Å². The lowest BCUT2D eigenvalue weighted by Crippen LogP contribution is -2.43. The Morgan fingerprint density at radius 2 is 1.85 bits per heavy atom. The van der Waals surface area contributed by atoms with Crippen LogP contribution in [-0.4, -0.2) is 59.0 Å². The number of H-pyrrole nitrogens is 1. The quantitative estimate of drug-likeness (QED) is 0.748. The van der Waals surface area contributed by atoms with Crippen molar-refractivity contribution in [2.24, 2.45) is 0 Å². The van der Waals surface area contributed by atoms with Crippen LogP contribution in [0.25, 0.3) is 0 Å². The van der Waals surface area contributed by atoms with Crippen molar-refractivity contribution in [1.82, 2.24) is 19.8 Å². The molecule has 2 rings (SSSR count). The number of aromatic amines is 1. The van der Waals surface area contributed by atoms with Crippen molar-refractivity contribution in [2.45, 2.75) is 40.3 Å². The van der Waals surface area contributed by atoms with Gasteiger partial charge in [0.1, 0.15) is 5.75 Å². The van der Waals surface area contributed by atoms with Crippen molar-refractivity contribution in [3.63, 3.8) is 0 Å². The van der Waals surface area contributed by atoms with Crippen molar-refractivity contribution < 1.29 is 9.53 Å². The number of carbonyl (C=O) groups excluding carboxylic acids is 1. The summed E-state index contributed by atoms with van der Waals surface area (Å²) in [6.45, 7) is 9.41. The molecule has 0 fully saturated rings. The Morgan fingerprint density at radius 3 is 2.37 bits per heavy atom. The van der Waals surface area contributed by atoms with Crippen LogP contribution < -0.4 is 4.74 Å². The van der Waals surface area contributed by atoms with Crippen LogP contribution in [-0.2, 0) is 11.3 Å². The van der Waals surface area contributed by atoms with Crippen LogP contribution in [0.1, 0.15) is 29.4 Å². The highest BCUT2D eigenvalue weighted by atomic mass is 35.5. The normalized spacial score (nSPS) is 12.3. The molecule has 1 amide bonds. The van der Waals surface area contributed by atoms with Gasteiger partial charge >= 0.3 is 0 Å². The molecule has 1 N–H and O–H groups in total. The Kier molecular flexibility index (Phi) is 7.27. The number of aromatic nitrogens is 2. The molecule has 0 aliphatic carbocycles. The molecule has 2 aromatic rings. The number of aryl methyl sites for hydroxylation is 3. The number of amides is 1. The standard InChI is InChI=1S/C20H29ClN4O2/c1-13-9-17(10-14(2)19(13)21)27-16(4)20(26)25(8-7-24(5)6)11-18-15(3)22-12-23-18/h9-10,12,16H,7-8,11H2,1-6H3,(H,22,23). The molecule has 0 saturated heterocycles. The molecule has 1 heterocycles. The molecule has 0 saturated carbocycles. The summed E-state index contributed by atoms with van der Waals surface area (Å²) in [6, 6.07) is 3.72. The third kappa shape index (κ3) is 5.71. The van der Waals surface area contributed by atoms with Crippen molar-refractivity contribution in [3.8, 4) is 5.75 Å². The fraction of sp³-hybridized carbons (Fsp3) is 0.500. The third-order valence-electron chi connectivity index (χ3n) is 4.47. The smallest absolute Gasteiger partial charge is 0.263 e. The van der Waals surface area contributed by atoms with Gasteiger partial charge < -0.3 is 19.5 Å². The molecule has 7 heteroatoms. The first-order valence-corrected chi connectivity index (χ1v) is 9.42. The average molecular weight is 393 g/mol. The molecule has 1 unspecified atom stereocenters. The molecule has 148 valence electrons. The number of nitrogens with one attached hydrogen (secondary N) is 1. The molecule has 1 aromatic heterocycles. The van der Waals surface area contributed by atoms with Gasteiger partial charge in [0.05, 0.1) is 18.6 Å². The van der Waals surface area contributed by atoms with Gasteiger partial charge in [-0.25, -0.2) is 4.98 Å². The summed E-state index contributed by atoms with van der Waals surface area (Å²) in [6.07, 6.45) is 1.05. The van der Waals surface area contributed by atoms with Gasteiger partial charge in [-0.1, -0.05) is 11.6 Å². The molecular formula is C20H29ClN4O2. The van der Waals surface area contributed by atoms with Gasteiger partial charge in [-0.15, -0.1) is 0 Å². The highest BCUT2D eigenvalue weighted by Crippen LogP contribution is 2.26. The Bertz CT molecular complexity index is 765. The van der Waals surface area contributed by atoms with Gasteiger partial charge in [0.25, 0.3) is 5.91 Å². The maximum Gasteiger partial charge on any atom is 0.263 e. The minimum absolute atomic E-state index is 0.0653. The van der Waals surface area contributed by atoms with Gasteiger partial charge in [-0.3, -0.25) is 4.79 Å². The van der Waals surface area contributed by atoms with Crippen LogP contribution >= 0.6 is 11.6 Å². The highest BCUT2D eigenvalue weighted by molar-refractivity contribution is 6.32. The first kappa shape index (κ1) is 21.3. The van der Waals surface area contributed by atoms with E-state index >= 15 is 0 Å². The van der Waals surface area contributed by atoms with E-state index in [0.717, 1.165) is 34.1 Å². The van der Waals surface area contributed by atoms with E-state index < -0.39 is 6.10 Å². The number of imidazole rings is 1. The maximum absolute atomic E-state index is 13.1. The summed E-state index contributed by atoms with van der Waals surface area (Å²) in [4.78, 5) is 24.3. The SMILES string of the molecule is Cc1cc(OC(C)C(=O)N(CCN(C)C)Cc2nc[nH]c2C)cc(C)c1Cl. The van der Waals surface area contributed by atoms with Gasteiger partial charge in [0, 0.05) is 23.8 Å². The fourth-order valence-electron chi connectivity index (χ4n) is 2.80. The second-order valence-corrected chi connectivity index (χ2v) is 7.55. The number of ether oxygens (including phenoxy) is 1. The van der Waals surface area contributed by atoms with Crippen LogP contribution in [0.15, 0.2) is 18.5 Å². The van der Waals surface area contributed by atoms with Crippen LogP contribution in [0.5, 0.6) is 5.75 Å². The lowest BCUT2D eigenvalue weighted by molar-refractivity contribution is -0.138. The predicted molar refractivity (Wildman–Crippen MR) is 108 cm³/mol. The molecule has 0 aliphatic rings. The van der Waals surface area contributed by atoms with E-state index in [-0.39, 0.29) is 5.91 Å². The zero-order valence-corrected chi connectivity index (χ0v) is 17.7. The number of hydrogen-bond acceptors (Lipinski definition) is 4. The van der Waals surface area contributed by atoms with E-state index in [4.69, 9.17) is 16.3 Å². The van der Waals surface area contributed by atoms with Crippen molar-refractivity contribution in [1.29, 1.82) is 0 Å². The number of likely N-dealkylation sites (N-methyl/N-ethyl adjacent to an activating group) is 1. The number of halogens is 1. The zero-order chi connectivity index (χ0) is 20.1. The summed E-state index contributed by atoms with van der Waals surface area (Å²) >= 11 is 6.22. The minimum Gasteiger partial charge on any atom is -0.481 e. The Morgan fingerprint density at radius 1 is 1.22 bits per heavy atom. The molecule has 0 aliphatic heterocycles. The molecular weight excluding hydrogens is 364 g/mol. The predicted octanol–water partition coefficient (Wildman–Crippen LogP) is 3.35. The van der Waals surface area contributed by atoms with E-state index in [1.807, 2.05) is 47.0 Å². The number of benzene rings is 1. The number of nitrogens with zero attached hydrogens (tertiary/aromatic N) is 3. The summed E-state index contributed by atoms with van der Waals surface area (Å²) in [5.74, 6) is 0.586. The second kappa shape index (κ2) is 9.24. The van der Waals surface area contributed by atoms with E-state index in [9.17, 15) is 4.79 Å². The molecule has 1 aromatic carbocycles. The molecule has 27 heavy (non-hydrogen) atoms. The molecule has 6 nitrogen and oxygen atoms in total.